The molecule has 0 amide bonds. The molecule has 140 valence electrons. The lowest BCUT2D eigenvalue weighted by molar-refractivity contribution is 0.0531. The normalized spacial score (nSPS) is 19.4. The van der Waals surface area contributed by atoms with Gasteiger partial charge < -0.3 is 9.64 Å². The monoisotopic (exact) mass is 374 g/mol. The highest BCUT2D eigenvalue weighted by Gasteiger charge is 2.28. The highest BCUT2D eigenvalue weighted by atomic mass is 32.1. The largest absolute Gasteiger partial charge is 0.462 e. The van der Waals surface area contributed by atoms with Crippen molar-refractivity contribution in [3.63, 3.8) is 0 Å². The Morgan fingerprint density at radius 3 is 2.65 bits per heavy atom. The van der Waals surface area contributed by atoms with Crippen molar-refractivity contribution in [2.45, 2.75) is 45.6 Å². The van der Waals surface area contributed by atoms with Gasteiger partial charge in [-0.3, -0.25) is 4.90 Å². The number of carbonyl (C=O) groups is 1. The Kier molecular flexibility index (Phi) is 5.09. The van der Waals surface area contributed by atoms with Crippen LogP contribution in [0.1, 0.15) is 47.8 Å². The average Bonchev–Trinajstić information content (AvgIpc) is 3.31. The maximum absolute atomic E-state index is 12.2. The average molecular weight is 375 g/mol. The van der Waals surface area contributed by atoms with Crippen molar-refractivity contribution >= 4 is 33.3 Å². The molecule has 0 spiro atoms. The highest BCUT2D eigenvalue weighted by molar-refractivity contribution is 7.20. The zero-order valence-corrected chi connectivity index (χ0v) is 16.3. The van der Waals surface area contributed by atoms with E-state index in [0.29, 0.717) is 11.5 Å². The van der Waals surface area contributed by atoms with Crippen molar-refractivity contribution in [3.05, 3.63) is 16.8 Å². The number of anilines is 1. The van der Waals surface area contributed by atoms with E-state index in [-0.39, 0.29) is 5.97 Å². The van der Waals surface area contributed by atoms with Crippen molar-refractivity contribution in [1.29, 1.82) is 0 Å². The number of aryl methyl sites for hydroxylation is 1. The molecule has 0 radical (unpaired) electrons. The Morgan fingerprint density at radius 2 is 1.96 bits per heavy atom. The molecule has 0 aromatic carbocycles. The van der Waals surface area contributed by atoms with Gasteiger partial charge in [-0.25, -0.2) is 14.8 Å². The number of nitrogens with zero attached hydrogens (tertiary/aromatic N) is 4. The number of fused-ring (bicyclic) bond motifs is 1. The standard InChI is InChI=1S/C19H26N4O2S/c1-3-25-19(24)16-13(2)15-17(20-12-21-18(15)26-16)23-10-8-22(9-11-23)14-6-4-5-7-14/h12,14H,3-11H2,1-2H3. The number of carbonyl (C=O) groups excluding carboxylic acids is 1. The molecule has 3 heterocycles. The molecule has 2 aliphatic rings. The molecule has 2 aromatic heterocycles. The summed E-state index contributed by atoms with van der Waals surface area (Å²) in [5.74, 6) is 0.704. The van der Waals surface area contributed by atoms with Crippen LogP contribution in [0.15, 0.2) is 6.33 Å². The molecule has 2 fully saturated rings. The minimum Gasteiger partial charge on any atom is -0.462 e. The number of ether oxygens (including phenoxy) is 1. The Morgan fingerprint density at radius 1 is 1.23 bits per heavy atom. The topological polar surface area (TPSA) is 58.6 Å². The third-order valence-corrected chi connectivity index (χ3v) is 6.80. The minimum absolute atomic E-state index is 0.259. The predicted octanol–water partition coefficient (Wildman–Crippen LogP) is 3.24. The van der Waals surface area contributed by atoms with Gasteiger partial charge in [-0.1, -0.05) is 12.8 Å². The SMILES string of the molecule is CCOC(=O)c1sc2ncnc(N3CCN(C4CCCC4)CC3)c2c1C. The lowest BCUT2D eigenvalue weighted by Gasteiger charge is -2.38. The molecule has 0 N–H and O–H groups in total. The van der Waals surface area contributed by atoms with Crippen LogP contribution in [0.3, 0.4) is 0 Å². The molecule has 1 aliphatic carbocycles. The number of thiophene rings is 1. The molecule has 1 saturated carbocycles. The maximum Gasteiger partial charge on any atom is 0.348 e. The van der Waals surface area contributed by atoms with Gasteiger partial charge in [0.1, 0.15) is 21.9 Å². The van der Waals surface area contributed by atoms with Crippen LogP contribution >= 0.6 is 11.3 Å². The van der Waals surface area contributed by atoms with E-state index in [2.05, 4.69) is 19.8 Å². The third-order valence-electron chi connectivity index (χ3n) is 5.62. The fourth-order valence-electron chi connectivity index (χ4n) is 4.25. The van der Waals surface area contributed by atoms with Gasteiger partial charge in [0.15, 0.2) is 0 Å². The summed E-state index contributed by atoms with van der Waals surface area (Å²) in [6.45, 7) is 8.32. The Balaban J connectivity index is 1.58. The Bertz CT molecular complexity index is 792. The zero-order valence-electron chi connectivity index (χ0n) is 15.5. The summed E-state index contributed by atoms with van der Waals surface area (Å²) in [4.78, 5) is 27.7. The van der Waals surface area contributed by atoms with Gasteiger partial charge in [0.05, 0.1) is 12.0 Å². The van der Waals surface area contributed by atoms with Crippen molar-refractivity contribution < 1.29 is 9.53 Å². The van der Waals surface area contributed by atoms with Gasteiger partial charge in [-0.2, -0.15) is 0 Å². The molecule has 0 bridgehead atoms. The number of hydrogen-bond donors (Lipinski definition) is 0. The highest BCUT2D eigenvalue weighted by Crippen LogP contribution is 2.36. The quantitative estimate of drug-likeness (QED) is 0.766. The van der Waals surface area contributed by atoms with Crippen LogP contribution in [0.2, 0.25) is 0 Å². The second-order valence-corrected chi connectivity index (χ2v) is 8.11. The van der Waals surface area contributed by atoms with Crippen LogP contribution in [-0.4, -0.2) is 59.7 Å². The summed E-state index contributed by atoms with van der Waals surface area (Å²) < 4.78 is 5.20. The summed E-state index contributed by atoms with van der Waals surface area (Å²) >= 11 is 1.41. The van der Waals surface area contributed by atoms with E-state index in [1.54, 1.807) is 6.33 Å². The number of rotatable bonds is 4. The van der Waals surface area contributed by atoms with Crippen LogP contribution in [0.25, 0.3) is 10.2 Å². The summed E-state index contributed by atoms with van der Waals surface area (Å²) in [6.07, 6.45) is 7.07. The second-order valence-electron chi connectivity index (χ2n) is 7.12. The summed E-state index contributed by atoms with van der Waals surface area (Å²) in [7, 11) is 0. The van der Waals surface area contributed by atoms with E-state index in [0.717, 1.165) is 53.8 Å². The van der Waals surface area contributed by atoms with Gasteiger partial charge in [0, 0.05) is 32.2 Å². The first-order valence-corrected chi connectivity index (χ1v) is 10.4. The molecule has 26 heavy (non-hydrogen) atoms. The van der Waals surface area contributed by atoms with Crippen LogP contribution in [0.5, 0.6) is 0 Å². The first-order chi connectivity index (χ1) is 12.7. The van der Waals surface area contributed by atoms with E-state index in [1.165, 1.54) is 37.0 Å². The van der Waals surface area contributed by atoms with Gasteiger partial charge in [-0.05, 0) is 32.3 Å². The minimum atomic E-state index is -0.259. The van der Waals surface area contributed by atoms with E-state index in [4.69, 9.17) is 4.74 Å². The van der Waals surface area contributed by atoms with Gasteiger partial charge in [-0.15, -0.1) is 11.3 Å². The third kappa shape index (κ3) is 3.18. The molecular weight excluding hydrogens is 348 g/mol. The van der Waals surface area contributed by atoms with Crippen molar-refractivity contribution in [3.8, 4) is 0 Å². The predicted molar refractivity (Wildman–Crippen MR) is 104 cm³/mol. The van der Waals surface area contributed by atoms with Gasteiger partial charge in [0.25, 0.3) is 0 Å². The second kappa shape index (κ2) is 7.48. The van der Waals surface area contributed by atoms with Crippen LogP contribution < -0.4 is 4.90 Å². The fraction of sp³-hybridized carbons (Fsp3) is 0.632. The molecule has 0 unspecified atom stereocenters. The summed E-state index contributed by atoms with van der Waals surface area (Å²) in [6, 6.07) is 0.779. The number of esters is 1. The van der Waals surface area contributed by atoms with Crippen molar-refractivity contribution in [2.24, 2.45) is 0 Å². The summed E-state index contributed by atoms with van der Waals surface area (Å²) in [5.41, 5.74) is 0.942. The van der Waals surface area contributed by atoms with E-state index in [1.807, 2.05) is 13.8 Å². The van der Waals surface area contributed by atoms with E-state index >= 15 is 0 Å². The fourth-order valence-corrected chi connectivity index (χ4v) is 5.29. The van der Waals surface area contributed by atoms with Crippen LogP contribution in [0.4, 0.5) is 5.82 Å². The smallest absolute Gasteiger partial charge is 0.348 e. The lowest BCUT2D eigenvalue weighted by atomic mass is 10.1. The maximum atomic E-state index is 12.2. The van der Waals surface area contributed by atoms with E-state index < -0.39 is 0 Å². The molecular formula is C19H26N4O2S. The molecule has 1 aliphatic heterocycles. The Hall–Kier alpha value is -1.73. The summed E-state index contributed by atoms with van der Waals surface area (Å²) in [5, 5.41) is 1.01. The van der Waals surface area contributed by atoms with Crippen molar-refractivity contribution in [2.75, 3.05) is 37.7 Å². The Labute approximate surface area is 158 Å². The number of hydrogen-bond acceptors (Lipinski definition) is 7. The molecule has 1 saturated heterocycles. The van der Waals surface area contributed by atoms with Gasteiger partial charge >= 0.3 is 5.97 Å². The first kappa shape index (κ1) is 17.7. The van der Waals surface area contributed by atoms with Gasteiger partial charge in [0.2, 0.25) is 0 Å². The number of aromatic nitrogens is 2. The van der Waals surface area contributed by atoms with Crippen LogP contribution in [0, 0.1) is 6.92 Å². The number of piperazine rings is 1. The van der Waals surface area contributed by atoms with Crippen LogP contribution in [-0.2, 0) is 4.74 Å². The molecule has 4 rings (SSSR count). The molecule has 2 aromatic rings. The van der Waals surface area contributed by atoms with Crippen molar-refractivity contribution in [1.82, 2.24) is 14.9 Å². The molecule has 6 nitrogen and oxygen atoms in total. The molecule has 0 atom stereocenters. The zero-order chi connectivity index (χ0) is 18.1. The first-order valence-electron chi connectivity index (χ1n) is 9.59. The van der Waals surface area contributed by atoms with E-state index in [9.17, 15) is 4.79 Å². The lowest BCUT2D eigenvalue weighted by Crippen LogP contribution is -2.50. The molecule has 7 heteroatoms.